The lowest BCUT2D eigenvalue weighted by atomic mass is 10.1. The molecule has 4 amide bonds. The van der Waals surface area contributed by atoms with Crippen molar-refractivity contribution in [3.8, 4) is 0 Å². The van der Waals surface area contributed by atoms with Crippen molar-refractivity contribution < 1.29 is 14.0 Å². The van der Waals surface area contributed by atoms with E-state index in [1.165, 1.54) is 12.8 Å². The van der Waals surface area contributed by atoms with E-state index in [2.05, 4.69) is 20.9 Å². The molecule has 2 atom stereocenters. The molecule has 0 radical (unpaired) electrons. The summed E-state index contributed by atoms with van der Waals surface area (Å²) in [5, 5.41) is 8.41. The molecule has 5 N–H and O–H groups in total. The molecule has 2 aromatic rings. The predicted molar refractivity (Wildman–Crippen MR) is 107 cm³/mol. The van der Waals surface area contributed by atoms with Gasteiger partial charge in [0, 0.05) is 12.2 Å². The van der Waals surface area contributed by atoms with Crippen molar-refractivity contribution in [2.45, 2.75) is 31.8 Å². The molecular weight excluding hydrogens is 358 g/mol. The monoisotopic (exact) mass is 385 g/mol. The summed E-state index contributed by atoms with van der Waals surface area (Å²) in [5.41, 5.74) is 6.64. The molecule has 1 aliphatic heterocycles. The summed E-state index contributed by atoms with van der Waals surface area (Å²) in [6.45, 7) is 4.40. The fraction of sp³-hybridized carbons (Fsp3) is 0.400. The zero-order valence-electron chi connectivity index (χ0n) is 16.0. The number of nitrogens with zero attached hydrogens (tertiary/aromatic N) is 1. The third-order valence-electron chi connectivity index (χ3n) is 4.93. The average molecular weight is 385 g/mol. The summed E-state index contributed by atoms with van der Waals surface area (Å²) < 4.78 is 5.58. The molecule has 1 saturated heterocycles. The molecule has 1 aromatic heterocycles. The summed E-state index contributed by atoms with van der Waals surface area (Å²) in [6, 6.07) is 10.0. The molecule has 0 saturated carbocycles. The summed E-state index contributed by atoms with van der Waals surface area (Å²) in [5.74, 6) is 0.868. The molecule has 0 aliphatic carbocycles. The second-order valence-corrected chi connectivity index (χ2v) is 6.96. The van der Waals surface area contributed by atoms with Gasteiger partial charge in [-0.15, -0.1) is 0 Å². The second-order valence-electron chi connectivity index (χ2n) is 6.96. The van der Waals surface area contributed by atoms with E-state index in [-0.39, 0.29) is 18.1 Å². The molecule has 1 aliphatic rings. The van der Waals surface area contributed by atoms with Crippen LogP contribution in [0.25, 0.3) is 0 Å². The van der Waals surface area contributed by atoms with Crippen molar-refractivity contribution in [2.24, 2.45) is 5.73 Å². The van der Waals surface area contributed by atoms with Crippen molar-refractivity contribution >= 4 is 17.7 Å². The van der Waals surface area contributed by atoms with Crippen LogP contribution in [0.5, 0.6) is 0 Å². The van der Waals surface area contributed by atoms with Crippen LogP contribution in [-0.4, -0.2) is 36.6 Å². The number of primary amides is 1. The van der Waals surface area contributed by atoms with Gasteiger partial charge in [0.05, 0.1) is 18.3 Å². The van der Waals surface area contributed by atoms with E-state index in [0.717, 1.165) is 24.4 Å². The van der Waals surface area contributed by atoms with Gasteiger partial charge in [-0.1, -0.05) is 12.1 Å². The minimum absolute atomic E-state index is 0.0395. The number of urea groups is 2. The lowest BCUT2D eigenvalue weighted by molar-refractivity contribution is 0.202. The highest BCUT2D eigenvalue weighted by Gasteiger charge is 2.26. The number of hydrogen-bond donors (Lipinski definition) is 4. The molecule has 8 heteroatoms. The number of anilines is 1. The summed E-state index contributed by atoms with van der Waals surface area (Å²) >= 11 is 0. The third kappa shape index (κ3) is 5.26. The lowest BCUT2D eigenvalue weighted by Gasteiger charge is -2.26. The van der Waals surface area contributed by atoms with Gasteiger partial charge in [0.2, 0.25) is 0 Å². The molecule has 0 bridgehead atoms. The third-order valence-corrected chi connectivity index (χ3v) is 4.93. The van der Waals surface area contributed by atoms with E-state index < -0.39 is 6.03 Å². The molecule has 8 nitrogen and oxygen atoms in total. The number of likely N-dealkylation sites (tertiary alicyclic amines) is 1. The molecular formula is C20H27N5O3. The first-order valence-electron chi connectivity index (χ1n) is 9.51. The molecule has 150 valence electrons. The Balaban J connectivity index is 1.53. The average Bonchev–Trinajstić information content (AvgIpc) is 3.36. The van der Waals surface area contributed by atoms with E-state index >= 15 is 0 Å². The summed E-state index contributed by atoms with van der Waals surface area (Å²) in [6.07, 6.45) is 4.00. The first kappa shape index (κ1) is 19.8. The van der Waals surface area contributed by atoms with Gasteiger partial charge >= 0.3 is 12.1 Å². The predicted octanol–water partition coefficient (Wildman–Crippen LogP) is 2.97. The number of nitrogens with two attached hydrogens (primary N) is 1. The van der Waals surface area contributed by atoms with Crippen molar-refractivity contribution in [3.63, 3.8) is 0 Å². The zero-order chi connectivity index (χ0) is 19.9. The molecule has 28 heavy (non-hydrogen) atoms. The largest absolute Gasteiger partial charge is 0.468 e. The number of rotatable bonds is 7. The minimum atomic E-state index is -0.609. The van der Waals surface area contributed by atoms with E-state index in [0.29, 0.717) is 12.2 Å². The van der Waals surface area contributed by atoms with Crippen LogP contribution >= 0.6 is 0 Å². The maximum atomic E-state index is 12.4. The summed E-state index contributed by atoms with van der Waals surface area (Å²) in [4.78, 5) is 25.6. The zero-order valence-corrected chi connectivity index (χ0v) is 16.0. The first-order valence-corrected chi connectivity index (χ1v) is 9.51. The quantitative estimate of drug-likeness (QED) is 0.587. The Morgan fingerprint density at radius 3 is 2.50 bits per heavy atom. The van der Waals surface area contributed by atoms with Crippen LogP contribution in [0.4, 0.5) is 15.3 Å². The van der Waals surface area contributed by atoms with E-state index in [9.17, 15) is 9.59 Å². The number of benzene rings is 1. The van der Waals surface area contributed by atoms with Crippen LogP contribution in [0, 0.1) is 0 Å². The standard InChI is InChI=1S/C20H27N5O3/c1-14(15-6-8-16(9-7-15)24-19(21)26)23-20(27)22-13-17(18-5-4-12-28-18)25-10-2-3-11-25/h4-9,12,14,17H,2-3,10-11,13H2,1H3,(H3,21,24,26)(H2,22,23,27)/t14-,17+/m1/s1. The van der Waals surface area contributed by atoms with Crippen molar-refractivity contribution in [3.05, 3.63) is 54.0 Å². The van der Waals surface area contributed by atoms with E-state index in [1.807, 2.05) is 31.2 Å². The molecule has 3 rings (SSSR count). The number of furan rings is 1. The number of hydrogen-bond acceptors (Lipinski definition) is 4. The molecule has 1 aromatic carbocycles. The highest BCUT2D eigenvalue weighted by atomic mass is 16.3. The molecule has 0 spiro atoms. The SMILES string of the molecule is C[C@@H](NC(=O)NC[C@@H](c1ccco1)N1CCCC1)c1ccc(NC(N)=O)cc1. The topological polar surface area (TPSA) is 113 Å². The highest BCUT2D eigenvalue weighted by Crippen LogP contribution is 2.25. The number of carbonyl (C=O) groups is 2. The van der Waals surface area contributed by atoms with Gasteiger partial charge < -0.3 is 26.1 Å². The number of carbonyl (C=O) groups excluding carboxylic acids is 2. The van der Waals surface area contributed by atoms with Crippen molar-refractivity contribution in [1.29, 1.82) is 0 Å². The normalized spacial score (nSPS) is 16.3. The lowest BCUT2D eigenvalue weighted by Crippen LogP contribution is -2.42. The second kappa shape index (κ2) is 9.27. The van der Waals surface area contributed by atoms with Gasteiger partial charge in [0.15, 0.2) is 0 Å². The van der Waals surface area contributed by atoms with Crippen LogP contribution in [-0.2, 0) is 0 Å². The van der Waals surface area contributed by atoms with E-state index in [4.69, 9.17) is 10.2 Å². The maximum Gasteiger partial charge on any atom is 0.316 e. The van der Waals surface area contributed by atoms with Gasteiger partial charge in [-0.05, 0) is 62.7 Å². The van der Waals surface area contributed by atoms with Crippen LogP contribution < -0.4 is 21.7 Å². The Morgan fingerprint density at radius 2 is 1.89 bits per heavy atom. The Bertz CT molecular complexity index is 770. The van der Waals surface area contributed by atoms with Gasteiger partial charge in [-0.25, -0.2) is 9.59 Å². The fourth-order valence-electron chi connectivity index (χ4n) is 3.46. The molecule has 2 heterocycles. The number of nitrogens with one attached hydrogen (secondary N) is 3. The highest BCUT2D eigenvalue weighted by molar-refractivity contribution is 5.87. The van der Waals surface area contributed by atoms with Crippen LogP contribution in [0.2, 0.25) is 0 Å². The molecule has 1 fully saturated rings. The van der Waals surface area contributed by atoms with Crippen LogP contribution in [0.15, 0.2) is 47.1 Å². The molecule has 0 unspecified atom stereocenters. The smallest absolute Gasteiger partial charge is 0.316 e. The van der Waals surface area contributed by atoms with Gasteiger partial charge in [-0.3, -0.25) is 4.90 Å². The van der Waals surface area contributed by atoms with Crippen molar-refractivity contribution in [2.75, 3.05) is 25.0 Å². The van der Waals surface area contributed by atoms with Crippen molar-refractivity contribution in [1.82, 2.24) is 15.5 Å². The van der Waals surface area contributed by atoms with Crippen LogP contribution in [0.1, 0.15) is 43.2 Å². The van der Waals surface area contributed by atoms with Crippen LogP contribution in [0.3, 0.4) is 0 Å². The first-order chi connectivity index (χ1) is 13.5. The minimum Gasteiger partial charge on any atom is -0.468 e. The van der Waals surface area contributed by atoms with E-state index in [1.54, 1.807) is 18.4 Å². The fourth-order valence-corrected chi connectivity index (χ4v) is 3.46. The maximum absolute atomic E-state index is 12.4. The Morgan fingerprint density at radius 1 is 1.18 bits per heavy atom. The van der Waals surface area contributed by atoms with Gasteiger partial charge in [0.25, 0.3) is 0 Å². The van der Waals surface area contributed by atoms with Gasteiger partial charge in [0.1, 0.15) is 5.76 Å². The summed E-state index contributed by atoms with van der Waals surface area (Å²) in [7, 11) is 0. The Kier molecular flexibility index (Phi) is 6.54. The Labute approximate surface area is 164 Å². The number of amides is 4. The Hall–Kier alpha value is -3.00. The van der Waals surface area contributed by atoms with Gasteiger partial charge in [-0.2, -0.15) is 0 Å².